The average molecular weight is 420 g/mol. The van der Waals surface area contributed by atoms with Gasteiger partial charge in [0.15, 0.2) is 5.13 Å². The van der Waals surface area contributed by atoms with Gasteiger partial charge in [-0.1, -0.05) is 24.3 Å². The van der Waals surface area contributed by atoms with Crippen LogP contribution in [0.4, 0.5) is 5.13 Å². The Morgan fingerprint density at radius 2 is 1.66 bits per heavy atom. The number of carbonyl (C=O) groups excluding carboxylic acids is 3. The Kier molecular flexibility index (Phi) is 4.18. The topological polar surface area (TPSA) is 92.3 Å². The van der Waals surface area contributed by atoms with Crippen LogP contribution in [0.2, 0.25) is 0 Å². The number of thiazole rings is 2. The Morgan fingerprint density at radius 1 is 0.966 bits per heavy atom. The molecular weight excluding hydrogens is 408 g/mol. The van der Waals surface area contributed by atoms with Crippen LogP contribution in [0.15, 0.2) is 53.9 Å². The summed E-state index contributed by atoms with van der Waals surface area (Å²) >= 11 is 2.79. The van der Waals surface area contributed by atoms with E-state index in [0.29, 0.717) is 22.0 Å². The van der Waals surface area contributed by atoms with Crippen molar-refractivity contribution in [2.45, 2.75) is 0 Å². The number of benzene rings is 2. The van der Waals surface area contributed by atoms with Crippen molar-refractivity contribution in [2.75, 3.05) is 11.9 Å². The lowest BCUT2D eigenvalue weighted by Gasteiger charge is -2.12. The number of carbonyl (C=O) groups is 3. The molecule has 2 aromatic heterocycles. The number of anilines is 1. The van der Waals surface area contributed by atoms with Crippen molar-refractivity contribution in [3.05, 3.63) is 65.0 Å². The summed E-state index contributed by atoms with van der Waals surface area (Å²) in [6, 6.07) is 14.4. The molecule has 0 atom stereocenters. The number of rotatable bonds is 4. The molecule has 9 heteroatoms. The number of nitrogens with zero attached hydrogens (tertiary/aromatic N) is 3. The minimum Gasteiger partial charge on any atom is -0.300 e. The summed E-state index contributed by atoms with van der Waals surface area (Å²) in [6.07, 6.45) is 0. The monoisotopic (exact) mass is 420 g/mol. The highest BCUT2D eigenvalue weighted by molar-refractivity contribution is 7.22. The van der Waals surface area contributed by atoms with Crippen LogP contribution in [0.3, 0.4) is 0 Å². The number of para-hydroxylation sites is 1. The van der Waals surface area contributed by atoms with Crippen LogP contribution in [0, 0.1) is 0 Å². The largest absolute Gasteiger partial charge is 0.300 e. The van der Waals surface area contributed by atoms with Gasteiger partial charge in [0.05, 0.1) is 21.3 Å². The molecule has 29 heavy (non-hydrogen) atoms. The Balaban J connectivity index is 1.30. The Bertz CT molecular complexity index is 1230. The van der Waals surface area contributed by atoms with Crippen molar-refractivity contribution in [1.82, 2.24) is 14.9 Å². The maximum absolute atomic E-state index is 12.4. The van der Waals surface area contributed by atoms with E-state index in [1.807, 2.05) is 29.6 Å². The minimum atomic E-state index is -0.482. The van der Waals surface area contributed by atoms with Crippen LogP contribution in [-0.4, -0.2) is 39.1 Å². The number of hydrogen-bond acceptors (Lipinski definition) is 7. The first-order valence-electron chi connectivity index (χ1n) is 8.67. The van der Waals surface area contributed by atoms with Crippen molar-refractivity contribution in [3.8, 4) is 10.7 Å². The van der Waals surface area contributed by atoms with Gasteiger partial charge in [0.2, 0.25) is 5.91 Å². The van der Waals surface area contributed by atoms with Gasteiger partial charge in [-0.2, -0.15) is 0 Å². The maximum atomic E-state index is 12.4. The Morgan fingerprint density at radius 3 is 2.38 bits per heavy atom. The third kappa shape index (κ3) is 3.10. The van der Waals surface area contributed by atoms with Gasteiger partial charge < -0.3 is 5.32 Å². The van der Waals surface area contributed by atoms with E-state index >= 15 is 0 Å². The molecule has 3 amide bonds. The van der Waals surface area contributed by atoms with Crippen LogP contribution in [0.25, 0.3) is 20.9 Å². The van der Waals surface area contributed by atoms with E-state index in [2.05, 4.69) is 15.3 Å². The third-order valence-electron chi connectivity index (χ3n) is 4.44. The van der Waals surface area contributed by atoms with Crippen molar-refractivity contribution in [2.24, 2.45) is 0 Å². The van der Waals surface area contributed by atoms with Gasteiger partial charge in [-0.25, -0.2) is 9.97 Å². The molecule has 0 fully saturated rings. The number of nitrogens with one attached hydrogen (secondary N) is 1. The molecule has 0 saturated heterocycles. The first-order valence-corrected chi connectivity index (χ1v) is 10.4. The number of fused-ring (bicyclic) bond motifs is 2. The van der Waals surface area contributed by atoms with E-state index in [0.717, 1.165) is 20.1 Å². The molecule has 142 valence electrons. The molecule has 0 saturated carbocycles. The zero-order valence-electron chi connectivity index (χ0n) is 14.8. The summed E-state index contributed by atoms with van der Waals surface area (Å²) in [5.41, 5.74) is 2.21. The Hall–Kier alpha value is -3.43. The zero-order chi connectivity index (χ0) is 20.0. The maximum Gasteiger partial charge on any atom is 0.262 e. The van der Waals surface area contributed by atoms with Crippen molar-refractivity contribution >= 4 is 55.7 Å². The summed E-state index contributed by atoms with van der Waals surface area (Å²) in [4.78, 5) is 47.1. The van der Waals surface area contributed by atoms with Crippen LogP contribution >= 0.6 is 22.7 Å². The molecule has 0 bridgehead atoms. The summed E-state index contributed by atoms with van der Waals surface area (Å²) in [5.74, 6) is -1.41. The number of aromatic nitrogens is 2. The highest BCUT2D eigenvalue weighted by atomic mass is 32.1. The highest BCUT2D eigenvalue weighted by Gasteiger charge is 2.36. The number of amides is 3. The van der Waals surface area contributed by atoms with Gasteiger partial charge in [-0.3, -0.25) is 19.3 Å². The standard InChI is InChI=1S/C20H12N4O3S2/c25-16(9-24-18(26)11-5-1-2-6-12(11)19(24)27)23-20-22-14(10-28-20)17-21-13-7-3-4-8-15(13)29-17/h1-8,10H,9H2,(H,22,23,25). The smallest absolute Gasteiger partial charge is 0.262 e. The van der Waals surface area contributed by atoms with Gasteiger partial charge in [-0.05, 0) is 24.3 Å². The first-order chi connectivity index (χ1) is 14.1. The SMILES string of the molecule is O=C(CN1C(=O)c2ccccc2C1=O)Nc1nc(-c2nc3ccccc3s2)cs1. The molecular formula is C20H12N4O3S2. The van der Waals surface area contributed by atoms with Crippen LogP contribution in [0.1, 0.15) is 20.7 Å². The molecule has 0 radical (unpaired) electrons. The second kappa shape index (κ2) is 6.87. The molecule has 1 aliphatic rings. The third-order valence-corrected chi connectivity index (χ3v) is 6.26. The van der Waals surface area contributed by atoms with Gasteiger partial charge >= 0.3 is 0 Å². The lowest BCUT2D eigenvalue weighted by molar-refractivity contribution is -0.116. The summed E-state index contributed by atoms with van der Waals surface area (Å²) in [5, 5.41) is 5.63. The second-order valence-corrected chi connectivity index (χ2v) is 8.20. The molecule has 3 heterocycles. The van der Waals surface area contributed by atoms with Crippen LogP contribution in [0.5, 0.6) is 0 Å². The van der Waals surface area contributed by atoms with E-state index in [1.165, 1.54) is 22.7 Å². The van der Waals surface area contributed by atoms with Crippen molar-refractivity contribution in [3.63, 3.8) is 0 Å². The fourth-order valence-corrected chi connectivity index (χ4v) is 4.81. The van der Waals surface area contributed by atoms with Gasteiger partial charge in [0.25, 0.3) is 11.8 Å². The number of imide groups is 1. The van der Waals surface area contributed by atoms with E-state index in [1.54, 1.807) is 24.3 Å². The molecule has 0 unspecified atom stereocenters. The average Bonchev–Trinajstić information content (AvgIpc) is 3.42. The molecule has 1 N–H and O–H groups in total. The normalized spacial score (nSPS) is 13.2. The van der Waals surface area contributed by atoms with Crippen LogP contribution in [-0.2, 0) is 4.79 Å². The predicted molar refractivity (Wildman–Crippen MR) is 111 cm³/mol. The van der Waals surface area contributed by atoms with Gasteiger partial charge in [-0.15, -0.1) is 22.7 Å². The lowest BCUT2D eigenvalue weighted by atomic mass is 10.1. The van der Waals surface area contributed by atoms with Crippen molar-refractivity contribution < 1.29 is 14.4 Å². The molecule has 2 aromatic carbocycles. The van der Waals surface area contributed by atoms with Crippen molar-refractivity contribution in [1.29, 1.82) is 0 Å². The highest BCUT2D eigenvalue weighted by Crippen LogP contribution is 2.32. The van der Waals surface area contributed by atoms with Crippen LogP contribution < -0.4 is 5.32 Å². The zero-order valence-corrected chi connectivity index (χ0v) is 16.4. The molecule has 0 aliphatic carbocycles. The summed E-state index contributed by atoms with van der Waals surface area (Å²) in [6.45, 7) is -0.359. The molecule has 0 spiro atoms. The van der Waals surface area contributed by atoms with E-state index in [4.69, 9.17) is 0 Å². The second-order valence-electron chi connectivity index (χ2n) is 6.31. The summed E-state index contributed by atoms with van der Waals surface area (Å²) in [7, 11) is 0. The summed E-state index contributed by atoms with van der Waals surface area (Å²) < 4.78 is 1.06. The molecule has 5 rings (SSSR count). The van der Waals surface area contributed by atoms with Gasteiger partial charge in [0.1, 0.15) is 17.2 Å². The van der Waals surface area contributed by atoms with E-state index < -0.39 is 17.7 Å². The quantitative estimate of drug-likeness (QED) is 0.509. The molecule has 1 aliphatic heterocycles. The molecule has 7 nitrogen and oxygen atoms in total. The lowest BCUT2D eigenvalue weighted by Crippen LogP contribution is -2.37. The van der Waals surface area contributed by atoms with E-state index in [-0.39, 0.29) is 6.54 Å². The molecule has 4 aromatic rings. The van der Waals surface area contributed by atoms with Gasteiger partial charge in [0, 0.05) is 5.38 Å². The first kappa shape index (κ1) is 17.7. The fraction of sp³-hybridized carbons (Fsp3) is 0.0500. The fourth-order valence-electron chi connectivity index (χ4n) is 3.10. The minimum absolute atomic E-state index is 0.317. The Labute approximate surface area is 172 Å². The van der Waals surface area contributed by atoms with E-state index in [9.17, 15) is 14.4 Å². The number of hydrogen-bond donors (Lipinski definition) is 1. The predicted octanol–water partition coefficient (Wildman–Crippen LogP) is 3.65.